The van der Waals surface area contributed by atoms with Gasteiger partial charge in [-0.05, 0) is 55.4 Å². The van der Waals surface area contributed by atoms with Crippen LogP contribution in [0.2, 0.25) is 0 Å². The van der Waals surface area contributed by atoms with E-state index in [0.717, 1.165) is 16.5 Å². The van der Waals surface area contributed by atoms with Crippen LogP contribution >= 0.6 is 23.5 Å². The van der Waals surface area contributed by atoms with E-state index in [2.05, 4.69) is 20.9 Å². The Bertz CT molecular complexity index is 1100. The number of carbonyl (C=O) groups excluding carboxylic acids is 3. The van der Waals surface area contributed by atoms with E-state index in [1.807, 2.05) is 36.8 Å². The Morgan fingerprint density at radius 3 is 2.21 bits per heavy atom. The third kappa shape index (κ3) is 9.22. The van der Waals surface area contributed by atoms with Crippen LogP contribution < -0.4 is 21.7 Å². The van der Waals surface area contributed by atoms with Crippen LogP contribution in [0, 0.1) is 0 Å². The van der Waals surface area contributed by atoms with Gasteiger partial charge < -0.3 is 36.9 Å². The van der Waals surface area contributed by atoms with Crippen LogP contribution in [-0.4, -0.2) is 93.2 Å². The molecular formula is C25H37N5O6S2. The average molecular weight is 568 g/mol. The van der Waals surface area contributed by atoms with Gasteiger partial charge in [-0.25, -0.2) is 4.79 Å². The molecule has 1 heterocycles. The van der Waals surface area contributed by atoms with Gasteiger partial charge in [-0.15, -0.1) is 0 Å². The van der Waals surface area contributed by atoms with Gasteiger partial charge >= 0.3 is 5.97 Å². The summed E-state index contributed by atoms with van der Waals surface area (Å²) in [6.07, 6.45) is 4.81. The highest BCUT2D eigenvalue weighted by Crippen LogP contribution is 2.19. The van der Waals surface area contributed by atoms with E-state index in [-0.39, 0.29) is 12.8 Å². The molecule has 0 spiro atoms. The summed E-state index contributed by atoms with van der Waals surface area (Å²) >= 11 is 2.98. The van der Waals surface area contributed by atoms with E-state index in [0.29, 0.717) is 17.9 Å². The largest absolute Gasteiger partial charge is 0.480 e. The first-order valence-corrected chi connectivity index (χ1v) is 15.0. The minimum absolute atomic E-state index is 0.0363. The van der Waals surface area contributed by atoms with Crippen molar-refractivity contribution in [3.8, 4) is 0 Å². The van der Waals surface area contributed by atoms with E-state index >= 15 is 0 Å². The predicted octanol–water partition coefficient (Wildman–Crippen LogP) is 0.464. The molecule has 0 fully saturated rings. The third-order valence-electron chi connectivity index (χ3n) is 5.99. The highest BCUT2D eigenvalue weighted by molar-refractivity contribution is 7.98. The molecule has 2 aromatic rings. The summed E-state index contributed by atoms with van der Waals surface area (Å²) in [4.78, 5) is 53.7. The second kappa shape index (κ2) is 15.6. The van der Waals surface area contributed by atoms with E-state index in [1.54, 1.807) is 6.20 Å². The number of aromatic nitrogens is 1. The molecule has 0 aliphatic carbocycles. The normalized spacial score (nSPS) is 15.2. The molecule has 1 aromatic carbocycles. The Balaban J connectivity index is 2.13. The van der Waals surface area contributed by atoms with Crippen molar-refractivity contribution in [2.24, 2.45) is 5.73 Å². The molecule has 0 saturated heterocycles. The molecular weight excluding hydrogens is 530 g/mol. The van der Waals surface area contributed by atoms with Gasteiger partial charge in [0.15, 0.2) is 0 Å². The van der Waals surface area contributed by atoms with Crippen molar-refractivity contribution in [2.75, 3.05) is 24.0 Å². The molecule has 38 heavy (non-hydrogen) atoms. The second-order valence-corrected chi connectivity index (χ2v) is 10.9. The van der Waals surface area contributed by atoms with Crippen molar-refractivity contribution in [1.29, 1.82) is 0 Å². The summed E-state index contributed by atoms with van der Waals surface area (Å²) < 4.78 is 0. The summed E-state index contributed by atoms with van der Waals surface area (Å²) in [7, 11) is 0. The first-order valence-electron chi connectivity index (χ1n) is 12.2. The van der Waals surface area contributed by atoms with Crippen molar-refractivity contribution in [1.82, 2.24) is 20.9 Å². The maximum Gasteiger partial charge on any atom is 0.326 e. The van der Waals surface area contributed by atoms with Gasteiger partial charge in [-0.1, -0.05) is 18.2 Å². The quantitative estimate of drug-likeness (QED) is 0.151. The number of aromatic amines is 1. The van der Waals surface area contributed by atoms with Crippen LogP contribution in [0.25, 0.3) is 10.9 Å². The molecule has 0 radical (unpaired) electrons. The van der Waals surface area contributed by atoms with Crippen molar-refractivity contribution < 1.29 is 29.4 Å². The SMILES string of the molecule is CSCCC(N)C(=O)NC(C(=O)NC(CCSC)C(=O)NC(Cc1c[nH]c2ccccc12)C(=O)O)C(C)O. The predicted molar refractivity (Wildman–Crippen MR) is 151 cm³/mol. The number of carbonyl (C=O) groups is 4. The molecule has 2 rings (SSSR count). The Morgan fingerprint density at radius 2 is 1.58 bits per heavy atom. The fourth-order valence-corrected chi connectivity index (χ4v) is 4.76. The van der Waals surface area contributed by atoms with Gasteiger partial charge in [-0.2, -0.15) is 23.5 Å². The van der Waals surface area contributed by atoms with Crippen LogP contribution in [-0.2, 0) is 25.6 Å². The molecule has 210 valence electrons. The monoisotopic (exact) mass is 567 g/mol. The molecule has 0 bridgehead atoms. The lowest BCUT2D eigenvalue weighted by molar-refractivity contribution is -0.142. The summed E-state index contributed by atoms with van der Waals surface area (Å²) in [6.45, 7) is 1.34. The molecule has 3 amide bonds. The fraction of sp³-hybridized carbons (Fsp3) is 0.520. The van der Waals surface area contributed by atoms with Crippen molar-refractivity contribution >= 4 is 58.1 Å². The topological polar surface area (TPSA) is 187 Å². The second-order valence-electron chi connectivity index (χ2n) is 8.92. The maximum absolute atomic E-state index is 13.2. The number of nitrogens with two attached hydrogens (primary N) is 1. The van der Waals surface area contributed by atoms with Crippen LogP contribution in [0.15, 0.2) is 30.5 Å². The molecule has 8 N–H and O–H groups in total. The number of carboxylic acids is 1. The van der Waals surface area contributed by atoms with Gasteiger partial charge in [0.05, 0.1) is 12.1 Å². The lowest BCUT2D eigenvalue weighted by Gasteiger charge is -2.26. The number of benzene rings is 1. The Labute approximate surface area is 230 Å². The number of hydrogen-bond donors (Lipinski definition) is 7. The number of nitrogens with one attached hydrogen (secondary N) is 4. The number of H-pyrrole nitrogens is 1. The molecule has 1 aromatic heterocycles. The standard InChI is InChI=1S/C25H37N5O6S2/c1-14(31)21(30-22(32)17(26)8-10-37-2)24(34)28-19(9-11-38-3)23(33)29-20(25(35)36)12-15-13-27-18-7-5-4-6-16(15)18/h4-7,13-14,17,19-21,27,31H,8-12,26H2,1-3H3,(H,28,34)(H,29,33)(H,30,32)(H,35,36). The van der Waals surface area contributed by atoms with Crippen LogP contribution in [0.1, 0.15) is 25.3 Å². The highest BCUT2D eigenvalue weighted by atomic mass is 32.2. The van der Waals surface area contributed by atoms with Gasteiger partial charge in [0, 0.05) is 23.5 Å². The first-order chi connectivity index (χ1) is 18.1. The molecule has 0 aliphatic rings. The summed E-state index contributed by atoms with van der Waals surface area (Å²) in [5.41, 5.74) is 7.46. The maximum atomic E-state index is 13.2. The minimum Gasteiger partial charge on any atom is -0.480 e. The van der Waals surface area contributed by atoms with E-state index in [1.165, 1.54) is 30.4 Å². The number of hydrogen-bond acceptors (Lipinski definition) is 8. The lowest BCUT2D eigenvalue weighted by Crippen LogP contribution is -2.60. The van der Waals surface area contributed by atoms with Crippen LogP contribution in [0.5, 0.6) is 0 Å². The van der Waals surface area contributed by atoms with Crippen molar-refractivity contribution in [3.63, 3.8) is 0 Å². The molecule has 13 heteroatoms. The number of carboxylic acid groups (broad SMARTS) is 1. The number of aliphatic carboxylic acids is 1. The highest BCUT2D eigenvalue weighted by Gasteiger charge is 2.32. The number of thioether (sulfide) groups is 2. The number of para-hydroxylation sites is 1. The molecule has 11 nitrogen and oxygen atoms in total. The zero-order valence-electron chi connectivity index (χ0n) is 21.7. The summed E-state index contributed by atoms with van der Waals surface area (Å²) in [5, 5.41) is 28.4. The molecule has 0 saturated carbocycles. The Kier molecular flexibility index (Phi) is 12.9. The summed E-state index contributed by atoms with van der Waals surface area (Å²) in [6, 6.07) is 2.92. The Morgan fingerprint density at radius 1 is 0.947 bits per heavy atom. The average Bonchev–Trinajstić information content (AvgIpc) is 3.29. The number of rotatable bonds is 16. The number of aliphatic hydroxyl groups excluding tert-OH is 1. The lowest BCUT2D eigenvalue weighted by atomic mass is 10.0. The van der Waals surface area contributed by atoms with E-state index < -0.39 is 54.0 Å². The van der Waals surface area contributed by atoms with E-state index in [4.69, 9.17) is 5.73 Å². The van der Waals surface area contributed by atoms with Gasteiger partial charge in [0.2, 0.25) is 17.7 Å². The molecule has 0 aliphatic heterocycles. The zero-order chi connectivity index (χ0) is 28.2. The minimum atomic E-state index is -1.34. The molecule has 5 unspecified atom stereocenters. The molecule has 5 atom stereocenters. The zero-order valence-corrected chi connectivity index (χ0v) is 23.4. The van der Waals surface area contributed by atoms with E-state index in [9.17, 15) is 29.4 Å². The number of amides is 3. The van der Waals surface area contributed by atoms with Crippen LogP contribution in [0.3, 0.4) is 0 Å². The van der Waals surface area contributed by atoms with Gasteiger partial charge in [-0.3, -0.25) is 14.4 Å². The third-order valence-corrected chi connectivity index (χ3v) is 7.28. The van der Waals surface area contributed by atoms with Gasteiger partial charge in [0.25, 0.3) is 0 Å². The van der Waals surface area contributed by atoms with Crippen molar-refractivity contribution in [3.05, 3.63) is 36.0 Å². The van der Waals surface area contributed by atoms with Crippen molar-refractivity contribution in [2.45, 2.75) is 56.5 Å². The number of fused-ring (bicyclic) bond motifs is 1. The number of aliphatic hydroxyl groups is 1. The van der Waals surface area contributed by atoms with Crippen LogP contribution in [0.4, 0.5) is 0 Å². The Hall–Kier alpha value is -2.74. The van der Waals surface area contributed by atoms with Gasteiger partial charge in [0.1, 0.15) is 18.1 Å². The summed E-state index contributed by atoms with van der Waals surface area (Å²) in [5.74, 6) is -2.09. The fourth-order valence-electron chi connectivity index (χ4n) is 3.80. The smallest absolute Gasteiger partial charge is 0.326 e. The first kappa shape index (κ1) is 31.5.